The molecule has 0 amide bonds. The summed E-state index contributed by atoms with van der Waals surface area (Å²) in [7, 11) is -2.51. The van der Waals surface area contributed by atoms with Crippen LogP contribution >= 0.6 is 11.6 Å². The Morgan fingerprint density at radius 2 is 1.90 bits per heavy atom. The number of ether oxygens (including phenoxy) is 1. The van der Waals surface area contributed by atoms with E-state index in [2.05, 4.69) is 24.9 Å². The molecule has 1 fully saturated rings. The van der Waals surface area contributed by atoms with Crippen LogP contribution in [-0.2, 0) is 14.8 Å². The number of rotatable bonds is 9. The number of methoxy groups -OCH3 is 1. The fourth-order valence-electron chi connectivity index (χ4n) is 3.62. The molecular formula is C18H27ClN6O4S. The van der Waals surface area contributed by atoms with Gasteiger partial charge in [0.2, 0.25) is 16.0 Å². The third-order valence-electron chi connectivity index (χ3n) is 5.40. The lowest BCUT2D eigenvalue weighted by molar-refractivity contribution is 0.0950. The normalized spacial score (nSPS) is 21.3. The maximum atomic E-state index is 13.1. The van der Waals surface area contributed by atoms with Crippen molar-refractivity contribution in [1.29, 1.82) is 0 Å². The lowest BCUT2D eigenvalue weighted by Crippen LogP contribution is -2.34. The molecule has 1 aliphatic carbocycles. The maximum absolute atomic E-state index is 13.1. The first-order valence-corrected chi connectivity index (χ1v) is 11.7. The van der Waals surface area contributed by atoms with Crippen molar-refractivity contribution in [3.05, 3.63) is 29.1 Å². The van der Waals surface area contributed by atoms with Gasteiger partial charge in [0.15, 0.2) is 5.82 Å². The molecule has 166 valence electrons. The van der Waals surface area contributed by atoms with Gasteiger partial charge in [0.25, 0.3) is 0 Å². The number of hydrogen-bond acceptors (Lipinski definition) is 8. The van der Waals surface area contributed by atoms with Crippen molar-refractivity contribution in [2.24, 2.45) is 5.92 Å². The molecule has 2 aromatic heterocycles. The Labute approximate surface area is 181 Å². The molecule has 2 atom stereocenters. The second-order valence-electron chi connectivity index (χ2n) is 7.83. The van der Waals surface area contributed by atoms with E-state index in [1.807, 2.05) is 13.8 Å². The van der Waals surface area contributed by atoms with Crippen LogP contribution in [0.25, 0.3) is 0 Å². The first kappa shape index (κ1) is 22.9. The van der Waals surface area contributed by atoms with E-state index in [-0.39, 0.29) is 36.3 Å². The van der Waals surface area contributed by atoms with Gasteiger partial charge in [-0.25, -0.2) is 18.4 Å². The molecule has 0 aromatic carbocycles. The Morgan fingerprint density at radius 1 is 1.27 bits per heavy atom. The molecule has 2 aromatic rings. The molecule has 0 aliphatic heterocycles. The van der Waals surface area contributed by atoms with Gasteiger partial charge in [-0.2, -0.15) is 0 Å². The summed E-state index contributed by atoms with van der Waals surface area (Å²) in [6.45, 7) is 5.54. The quantitative estimate of drug-likeness (QED) is 0.584. The van der Waals surface area contributed by atoms with Gasteiger partial charge in [-0.15, -0.1) is 10.2 Å². The topological polar surface area (TPSA) is 132 Å². The molecule has 12 heteroatoms. The van der Waals surface area contributed by atoms with Crippen molar-refractivity contribution >= 4 is 27.6 Å². The summed E-state index contributed by atoms with van der Waals surface area (Å²) < 4.78 is 35.9. The van der Waals surface area contributed by atoms with E-state index in [1.54, 1.807) is 4.57 Å². The summed E-state index contributed by atoms with van der Waals surface area (Å²) in [6.07, 6.45) is 3.51. The van der Waals surface area contributed by atoms with Crippen molar-refractivity contribution in [1.82, 2.24) is 24.7 Å². The second-order valence-corrected chi connectivity index (χ2v) is 10.3. The molecule has 2 N–H and O–H groups in total. The van der Waals surface area contributed by atoms with Crippen LogP contribution in [-0.4, -0.2) is 57.2 Å². The summed E-state index contributed by atoms with van der Waals surface area (Å²) in [5.74, 6) is 1.52. The molecule has 1 saturated carbocycles. The molecule has 0 spiro atoms. The Balaban J connectivity index is 1.83. The Morgan fingerprint density at radius 3 is 2.43 bits per heavy atom. The fourth-order valence-corrected chi connectivity index (χ4v) is 4.85. The van der Waals surface area contributed by atoms with Crippen LogP contribution in [0.3, 0.4) is 0 Å². The number of aliphatic hydroxyl groups excluding tert-OH is 1. The third kappa shape index (κ3) is 4.58. The number of hydrogen-bond donors (Lipinski definition) is 2. The molecular weight excluding hydrogens is 432 g/mol. The van der Waals surface area contributed by atoms with Crippen LogP contribution in [0.4, 0.5) is 5.95 Å². The number of nitrogens with one attached hydrogen (secondary N) is 1. The lowest BCUT2D eigenvalue weighted by Gasteiger charge is -2.34. The smallest absolute Gasteiger partial charge is 0.240 e. The van der Waals surface area contributed by atoms with Crippen LogP contribution < -0.4 is 4.72 Å². The maximum Gasteiger partial charge on any atom is 0.240 e. The monoisotopic (exact) mass is 458 g/mol. The van der Waals surface area contributed by atoms with Gasteiger partial charge in [0.05, 0.1) is 5.02 Å². The van der Waals surface area contributed by atoms with Crippen molar-refractivity contribution < 1.29 is 18.3 Å². The van der Waals surface area contributed by atoms with Gasteiger partial charge >= 0.3 is 0 Å². The van der Waals surface area contributed by atoms with E-state index < -0.39 is 21.4 Å². The second kappa shape index (κ2) is 9.13. The van der Waals surface area contributed by atoms with Crippen LogP contribution in [0, 0.1) is 5.92 Å². The molecule has 2 heterocycles. The Kier molecular flexibility index (Phi) is 6.95. The average molecular weight is 459 g/mol. The molecule has 0 radical (unpaired) electrons. The zero-order valence-corrected chi connectivity index (χ0v) is 18.9. The van der Waals surface area contributed by atoms with Gasteiger partial charge in [-0.3, -0.25) is 9.29 Å². The minimum Gasteiger partial charge on any atom is -0.396 e. The van der Waals surface area contributed by atoms with Crippen molar-refractivity contribution in [3.63, 3.8) is 0 Å². The molecule has 0 unspecified atom stereocenters. The van der Waals surface area contributed by atoms with Gasteiger partial charge in [-0.05, 0) is 39.5 Å². The van der Waals surface area contributed by atoms with Crippen LogP contribution in [0.2, 0.25) is 5.02 Å². The lowest BCUT2D eigenvalue weighted by atomic mass is 9.75. The van der Waals surface area contributed by atoms with E-state index in [0.29, 0.717) is 5.02 Å². The molecule has 0 saturated heterocycles. The molecule has 0 bridgehead atoms. The summed E-state index contributed by atoms with van der Waals surface area (Å²) in [6, 6.07) is -0.0472. The first-order valence-electron chi connectivity index (χ1n) is 9.75. The molecule has 10 nitrogen and oxygen atoms in total. The zero-order chi connectivity index (χ0) is 22.1. The predicted octanol–water partition coefficient (Wildman–Crippen LogP) is 2.31. The number of aromatic nitrogens is 5. The number of nitrogens with zero attached hydrogens (tertiary/aromatic N) is 5. The first-order chi connectivity index (χ1) is 14.2. The van der Waals surface area contributed by atoms with E-state index in [0.717, 1.165) is 18.7 Å². The van der Waals surface area contributed by atoms with E-state index in [4.69, 9.17) is 16.3 Å². The van der Waals surface area contributed by atoms with E-state index >= 15 is 0 Å². The summed E-state index contributed by atoms with van der Waals surface area (Å²) in [5.41, 5.74) is 0. The minimum absolute atomic E-state index is 0.0472. The molecule has 1 aliphatic rings. The standard InChI is InChI=1S/C18H27ClN6O4S/c1-10(2)25-17(13-5-12(6-13)9-26)22-23-18(25)24-30(27,28)11(3)15(29-4)16-20-7-14(19)8-21-16/h7-8,10-13,15,26H,5-6,9H2,1-4H3,(H,23,24)/t11-,12-,13-,15-/m0/s1. The van der Waals surface area contributed by atoms with Crippen molar-refractivity contribution in [2.75, 3.05) is 18.4 Å². The summed E-state index contributed by atoms with van der Waals surface area (Å²) in [5, 5.41) is 16.9. The highest BCUT2D eigenvalue weighted by atomic mass is 35.5. The van der Waals surface area contributed by atoms with Crippen molar-refractivity contribution in [2.45, 2.75) is 56.9 Å². The summed E-state index contributed by atoms with van der Waals surface area (Å²) in [4.78, 5) is 8.17. The van der Waals surface area contributed by atoms with Crippen LogP contribution in [0.5, 0.6) is 0 Å². The predicted molar refractivity (Wildman–Crippen MR) is 112 cm³/mol. The van der Waals surface area contributed by atoms with Gasteiger partial charge in [0.1, 0.15) is 17.2 Å². The van der Waals surface area contributed by atoms with E-state index in [1.165, 1.54) is 26.4 Å². The Bertz CT molecular complexity index is 960. The van der Waals surface area contributed by atoms with Crippen molar-refractivity contribution in [3.8, 4) is 0 Å². The number of anilines is 1. The highest BCUT2D eigenvalue weighted by Gasteiger charge is 2.37. The summed E-state index contributed by atoms with van der Waals surface area (Å²) >= 11 is 5.82. The number of aliphatic hydroxyl groups is 1. The number of halogens is 1. The molecule has 3 rings (SSSR count). The van der Waals surface area contributed by atoms with Gasteiger partial charge in [0, 0.05) is 38.1 Å². The minimum atomic E-state index is -3.91. The third-order valence-corrected chi connectivity index (χ3v) is 7.28. The largest absolute Gasteiger partial charge is 0.396 e. The fraction of sp³-hybridized carbons (Fsp3) is 0.667. The molecule has 30 heavy (non-hydrogen) atoms. The van der Waals surface area contributed by atoms with Crippen LogP contribution in [0.15, 0.2) is 12.4 Å². The highest BCUT2D eigenvalue weighted by Crippen LogP contribution is 2.42. The zero-order valence-electron chi connectivity index (χ0n) is 17.4. The van der Waals surface area contributed by atoms with Gasteiger partial charge in [-0.1, -0.05) is 11.6 Å². The SMILES string of the molecule is CO[C@H](c1ncc(Cl)cn1)[C@H](C)S(=O)(=O)Nc1nnc([C@H]2C[C@H](CO)C2)n1C(C)C. The number of sulfonamides is 1. The van der Waals surface area contributed by atoms with Gasteiger partial charge < -0.3 is 9.84 Å². The Hall–Kier alpha value is -1.82. The highest BCUT2D eigenvalue weighted by molar-refractivity contribution is 7.93. The van der Waals surface area contributed by atoms with E-state index in [9.17, 15) is 13.5 Å². The average Bonchev–Trinajstić information content (AvgIpc) is 3.05. The van der Waals surface area contributed by atoms with Crippen LogP contribution in [0.1, 0.15) is 63.3 Å².